The molecule has 0 aliphatic heterocycles. The number of aliphatic hydroxyl groups excluding tert-OH is 1. The molecular formula is C12H15N3OS. The average Bonchev–Trinajstić information content (AvgIpc) is 2.72. The van der Waals surface area contributed by atoms with E-state index < -0.39 is 0 Å². The van der Waals surface area contributed by atoms with E-state index in [1.165, 1.54) is 0 Å². The van der Waals surface area contributed by atoms with Gasteiger partial charge in [-0.1, -0.05) is 18.2 Å². The molecule has 5 heteroatoms. The number of nitrogens with zero attached hydrogens (tertiary/aromatic N) is 2. The van der Waals surface area contributed by atoms with Gasteiger partial charge in [-0.3, -0.25) is 9.67 Å². The maximum Gasteiger partial charge on any atom is 0.199 e. The van der Waals surface area contributed by atoms with Crippen LogP contribution < -0.4 is 0 Å². The molecule has 0 saturated heterocycles. The molecule has 1 aromatic carbocycles. The second kappa shape index (κ2) is 5.75. The van der Waals surface area contributed by atoms with Crippen molar-refractivity contribution in [3.8, 4) is 5.69 Å². The highest BCUT2D eigenvalue weighted by Gasteiger charge is 2.07. The van der Waals surface area contributed by atoms with Crippen LogP contribution in [0.3, 0.4) is 0 Å². The summed E-state index contributed by atoms with van der Waals surface area (Å²) in [6, 6.07) is 9.92. The van der Waals surface area contributed by atoms with Gasteiger partial charge in [0.25, 0.3) is 0 Å². The average molecular weight is 249 g/mol. The van der Waals surface area contributed by atoms with E-state index in [-0.39, 0.29) is 6.61 Å². The van der Waals surface area contributed by atoms with Gasteiger partial charge in [-0.05, 0) is 37.2 Å². The molecule has 0 fully saturated rings. The molecule has 1 heterocycles. The summed E-state index contributed by atoms with van der Waals surface area (Å²) in [6.45, 7) is 0.219. The Bertz CT molecular complexity index is 518. The number of nitrogens with one attached hydrogen (secondary N) is 1. The third kappa shape index (κ3) is 2.81. The van der Waals surface area contributed by atoms with Gasteiger partial charge >= 0.3 is 0 Å². The van der Waals surface area contributed by atoms with Crippen molar-refractivity contribution in [3.63, 3.8) is 0 Å². The molecule has 2 N–H and O–H groups in total. The van der Waals surface area contributed by atoms with Crippen molar-refractivity contribution in [1.82, 2.24) is 14.8 Å². The normalized spacial score (nSPS) is 10.6. The second-order valence-corrected chi connectivity index (χ2v) is 4.18. The molecule has 1 aromatic heterocycles. The number of para-hydroxylation sites is 1. The minimum absolute atomic E-state index is 0.219. The van der Waals surface area contributed by atoms with Crippen LogP contribution in [-0.4, -0.2) is 26.5 Å². The predicted molar refractivity (Wildman–Crippen MR) is 68.8 cm³/mol. The monoisotopic (exact) mass is 249 g/mol. The molecule has 4 nitrogen and oxygen atoms in total. The van der Waals surface area contributed by atoms with E-state index in [4.69, 9.17) is 17.3 Å². The number of rotatable bonds is 5. The topological polar surface area (TPSA) is 53.8 Å². The SMILES string of the molecule is OCCCCc1n[nH]c(=S)n1-c1ccccc1. The van der Waals surface area contributed by atoms with Crippen molar-refractivity contribution in [2.75, 3.05) is 6.61 Å². The van der Waals surface area contributed by atoms with Gasteiger partial charge in [0.1, 0.15) is 5.82 Å². The largest absolute Gasteiger partial charge is 0.396 e. The van der Waals surface area contributed by atoms with Gasteiger partial charge in [0.2, 0.25) is 0 Å². The summed E-state index contributed by atoms with van der Waals surface area (Å²) >= 11 is 5.23. The van der Waals surface area contributed by atoms with Crippen LogP contribution in [0, 0.1) is 4.77 Å². The van der Waals surface area contributed by atoms with E-state index in [9.17, 15) is 0 Å². The summed E-state index contributed by atoms with van der Waals surface area (Å²) in [7, 11) is 0. The molecule has 0 atom stereocenters. The van der Waals surface area contributed by atoms with Gasteiger partial charge in [0, 0.05) is 18.7 Å². The first-order chi connectivity index (χ1) is 8.33. The summed E-state index contributed by atoms with van der Waals surface area (Å²) < 4.78 is 2.54. The standard InChI is InChI=1S/C12H15N3OS/c16-9-5-4-8-11-13-14-12(17)15(11)10-6-2-1-3-7-10/h1-3,6-7,16H,4-5,8-9H2,(H,14,17). The number of aromatic amines is 1. The van der Waals surface area contributed by atoms with E-state index in [1.54, 1.807) is 0 Å². The Labute approximate surface area is 105 Å². The minimum Gasteiger partial charge on any atom is -0.396 e. The molecule has 0 unspecified atom stereocenters. The van der Waals surface area contributed by atoms with Gasteiger partial charge in [-0.25, -0.2) is 0 Å². The Morgan fingerprint density at radius 3 is 2.71 bits per heavy atom. The number of benzene rings is 1. The highest BCUT2D eigenvalue weighted by atomic mass is 32.1. The minimum atomic E-state index is 0.219. The molecule has 90 valence electrons. The van der Waals surface area contributed by atoms with Crippen molar-refractivity contribution in [2.45, 2.75) is 19.3 Å². The fraction of sp³-hybridized carbons (Fsp3) is 0.333. The lowest BCUT2D eigenvalue weighted by atomic mass is 10.2. The predicted octanol–water partition coefficient (Wildman–Crippen LogP) is 2.24. The summed E-state index contributed by atoms with van der Waals surface area (Å²) in [6.07, 6.45) is 2.50. The number of hydrogen-bond acceptors (Lipinski definition) is 3. The van der Waals surface area contributed by atoms with E-state index in [0.29, 0.717) is 4.77 Å². The summed E-state index contributed by atoms with van der Waals surface area (Å²) in [4.78, 5) is 0. The molecule has 2 rings (SSSR count). The molecule has 17 heavy (non-hydrogen) atoms. The number of unbranched alkanes of at least 4 members (excludes halogenated alkanes) is 1. The van der Waals surface area contributed by atoms with Gasteiger partial charge in [0.05, 0.1) is 0 Å². The third-order valence-electron chi connectivity index (χ3n) is 2.56. The Morgan fingerprint density at radius 1 is 1.24 bits per heavy atom. The van der Waals surface area contributed by atoms with Crippen LogP contribution in [0.4, 0.5) is 0 Å². The number of H-pyrrole nitrogens is 1. The van der Waals surface area contributed by atoms with Gasteiger partial charge < -0.3 is 5.11 Å². The maximum absolute atomic E-state index is 8.78. The van der Waals surface area contributed by atoms with Crippen LogP contribution in [0.25, 0.3) is 5.69 Å². The first-order valence-electron chi connectivity index (χ1n) is 5.65. The maximum atomic E-state index is 8.78. The van der Waals surface area contributed by atoms with Crippen molar-refractivity contribution in [2.24, 2.45) is 0 Å². The number of aryl methyl sites for hydroxylation is 1. The molecule has 0 aliphatic rings. The summed E-state index contributed by atoms with van der Waals surface area (Å²) in [5.41, 5.74) is 1.02. The van der Waals surface area contributed by atoms with Crippen LogP contribution in [0.5, 0.6) is 0 Å². The fourth-order valence-corrected chi connectivity index (χ4v) is 1.99. The molecule has 0 spiro atoms. The van der Waals surface area contributed by atoms with E-state index >= 15 is 0 Å². The van der Waals surface area contributed by atoms with Crippen molar-refractivity contribution in [3.05, 3.63) is 40.9 Å². The quantitative estimate of drug-likeness (QED) is 0.631. The van der Waals surface area contributed by atoms with Crippen LogP contribution in [0.15, 0.2) is 30.3 Å². The van der Waals surface area contributed by atoms with Crippen molar-refractivity contribution in [1.29, 1.82) is 0 Å². The third-order valence-corrected chi connectivity index (χ3v) is 2.84. The lowest BCUT2D eigenvalue weighted by molar-refractivity contribution is 0.284. The zero-order chi connectivity index (χ0) is 12.1. The molecule has 0 amide bonds. The highest BCUT2D eigenvalue weighted by molar-refractivity contribution is 7.71. The van der Waals surface area contributed by atoms with E-state index in [2.05, 4.69) is 10.2 Å². The van der Waals surface area contributed by atoms with Gasteiger partial charge in [0.15, 0.2) is 4.77 Å². The molecular weight excluding hydrogens is 234 g/mol. The van der Waals surface area contributed by atoms with Gasteiger partial charge in [-0.15, -0.1) is 0 Å². The first-order valence-corrected chi connectivity index (χ1v) is 6.06. The van der Waals surface area contributed by atoms with Crippen molar-refractivity contribution >= 4 is 12.2 Å². The van der Waals surface area contributed by atoms with Crippen LogP contribution in [0.1, 0.15) is 18.7 Å². The van der Waals surface area contributed by atoms with Crippen LogP contribution in [0.2, 0.25) is 0 Å². The Balaban J connectivity index is 2.27. The summed E-state index contributed by atoms with van der Waals surface area (Å²) in [5, 5.41) is 15.8. The van der Waals surface area contributed by atoms with Crippen LogP contribution in [-0.2, 0) is 6.42 Å². The van der Waals surface area contributed by atoms with E-state index in [0.717, 1.165) is 30.8 Å². The molecule has 0 aliphatic carbocycles. The van der Waals surface area contributed by atoms with E-state index in [1.807, 2.05) is 34.9 Å². The first kappa shape index (κ1) is 12.0. The molecule has 0 radical (unpaired) electrons. The number of aromatic nitrogens is 3. The lowest BCUT2D eigenvalue weighted by Gasteiger charge is -2.05. The lowest BCUT2D eigenvalue weighted by Crippen LogP contribution is -2.02. The summed E-state index contributed by atoms with van der Waals surface area (Å²) in [5.74, 6) is 0.912. The number of hydrogen-bond donors (Lipinski definition) is 2. The number of aliphatic hydroxyl groups is 1. The second-order valence-electron chi connectivity index (χ2n) is 3.80. The molecule has 2 aromatic rings. The van der Waals surface area contributed by atoms with Crippen LogP contribution >= 0.6 is 12.2 Å². The fourth-order valence-electron chi connectivity index (χ4n) is 1.74. The van der Waals surface area contributed by atoms with Crippen molar-refractivity contribution < 1.29 is 5.11 Å². The zero-order valence-electron chi connectivity index (χ0n) is 9.47. The smallest absolute Gasteiger partial charge is 0.199 e. The Hall–Kier alpha value is -1.46. The Kier molecular flexibility index (Phi) is 4.06. The molecule has 0 bridgehead atoms. The molecule has 0 saturated carbocycles. The zero-order valence-corrected chi connectivity index (χ0v) is 10.3. The Morgan fingerprint density at radius 2 is 2.00 bits per heavy atom. The highest BCUT2D eigenvalue weighted by Crippen LogP contribution is 2.12. The van der Waals surface area contributed by atoms with Gasteiger partial charge in [-0.2, -0.15) is 5.10 Å².